The lowest BCUT2D eigenvalue weighted by molar-refractivity contribution is -0.123. The van der Waals surface area contributed by atoms with E-state index in [0.717, 1.165) is 43.4 Å². The van der Waals surface area contributed by atoms with Crippen LogP contribution >= 0.6 is 0 Å². The van der Waals surface area contributed by atoms with Crippen LogP contribution in [0.2, 0.25) is 0 Å². The molecule has 2 aliphatic heterocycles. The number of nitrogens with zero attached hydrogens (tertiary/aromatic N) is 2. The first kappa shape index (κ1) is 22.6. The monoisotopic (exact) mass is 444 g/mol. The van der Waals surface area contributed by atoms with Gasteiger partial charge in [0.25, 0.3) is 0 Å². The third-order valence-electron chi connectivity index (χ3n) is 6.35. The first-order chi connectivity index (χ1) is 15.4. The zero-order valence-corrected chi connectivity index (χ0v) is 18.3. The van der Waals surface area contributed by atoms with E-state index >= 15 is 0 Å². The van der Waals surface area contributed by atoms with Crippen LogP contribution in [0.25, 0.3) is 0 Å². The van der Waals surface area contributed by atoms with Gasteiger partial charge >= 0.3 is 0 Å². The predicted octanol–water partition coefficient (Wildman–Crippen LogP) is 2.53. The average Bonchev–Trinajstić information content (AvgIpc) is 2.75. The Hall–Kier alpha value is -2.55. The van der Waals surface area contributed by atoms with E-state index in [2.05, 4.69) is 27.5 Å². The molecular weight excluding hydrogens is 414 g/mol. The number of rotatable bonds is 6. The summed E-state index contributed by atoms with van der Waals surface area (Å²) in [5.74, 6) is -1.17. The summed E-state index contributed by atoms with van der Waals surface area (Å²) in [7, 11) is 2.11. The largest absolute Gasteiger partial charge is 0.508 e. The van der Waals surface area contributed by atoms with Gasteiger partial charge in [0.15, 0.2) is 0 Å². The van der Waals surface area contributed by atoms with E-state index in [1.54, 1.807) is 6.07 Å². The van der Waals surface area contributed by atoms with Crippen molar-refractivity contribution >= 4 is 5.91 Å². The summed E-state index contributed by atoms with van der Waals surface area (Å²) in [5.41, 5.74) is 2.30. The highest BCUT2D eigenvalue weighted by Crippen LogP contribution is 2.27. The number of phenolic OH excluding ortho intramolecular Hbond substituents is 1. The maximum absolute atomic E-state index is 13.8. The molecule has 2 fully saturated rings. The van der Waals surface area contributed by atoms with Crippen molar-refractivity contribution in [2.45, 2.75) is 38.0 Å². The zero-order valence-electron chi connectivity index (χ0n) is 18.3. The summed E-state index contributed by atoms with van der Waals surface area (Å²) >= 11 is 0. The number of hydrogen-bond acceptors (Lipinski definition) is 5. The number of carbonyl (C=O) groups is 1. The van der Waals surface area contributed by atoms with E-state index in [9.17, 15) is 18.7 Å². The Morgan fingerprint density at radius 2 is 1.81 bits per heavy atom. The van der Waals surface area contributed by atoms with Crippen LogP contribution in [0.4, 0.5) is 8.78 Å². The highest BCUT2D eigenvalue weighted by molar-refractivity contribution is 5.77. The molecule has 172 valence electrons. The molecule has 0 bridgehead atoms. The first-order valence-corrected chi connectivity index (χ1v) is 11.1. The van der Waals surface area contributed by atoms with Crippen LogP contribution < -0.4 is 10.6 Å². The lowest BCUT2D eigenvalue weighted by Gasteiger charge is -2.34. The number of carbonyl (C=O) groups excluding carboxylic acids is 1. The summed E-state index contributed by atoms with van der Waals surface area (Å²) < 4.78 is 27.5. The van der Waals surface area contributed by atoms with Crippen molar-refractivity contribution in [3.63, 3.8) is 0 Å². The molecule has 0 spiro atoms. The molecule has 0 unspecified atom stereocenters. The molecule has 3 N–H and O–H groups in total. The van der Waals surface area contributed by atoms with Gasteiger partial charge in [0.2, 0.25) is 5.91 Å². The Bertz CT molecular complexity index is 943. The third-order valence-corrected chi connectivity index (χ3v) is 6.35. The van der Waals surface area contributed by atoms with Crippen molar-refractivity contribution in [1.82, 2.24) is 20.4 Å². The normalized spacial score (nSPS) is 22.7. The molecule has 0 aliphatic carbocycles. The second kappa shape index (κ2) is 9.94. The Morgan fingerprint density at radius 1 is 1.09 bits per heavy atom. The van der Waals surface area contributed by atoms with Crippen LogP contribution in [0.15, 0.2) is 36.4 Å². The van der Waals surface area contributed by atoms with Crippen molar-refractivity contribution in [3.8, 4) is 5.75 Å². The van der Waals surface area contributed by atoms with Crippen LogP contribution in [0.5, 0.6) is 5.75 Å². The van der Waals surface area contributed by atoms with E-state index in [4.69, 9.17) is 0 Å². The second-order valence-corrected chi connectivity index (χ2v) is 8.82. The topological polar surface area (TPSA) is 67.8 Å². The summed E-state index contributed by atoms with van der Waals surface area (Å²) in [6.07, 6.45) is 0.928. The fourth-order valence-corrected chi connectivity index (χ4v) is 4.46. The Morgan fingerprint density at radius 3 is 2.53 bits per heavy atom. The van der Waals surface area contributed by atoms with Crippen LogP contribution in [0.3, 0.4) is 0 Å². The highest BCUT2D eigenvalue weighted by atomic mass is 19.1. The van der Waals surface area contributed by atoms with Crippen LogP contribution in [-0.4, -0.2) is 60.1 Å². The van der Waals surface area contributed by atoms with Gasteiger partial charge < -0.3 is 20.6 Å². The molecule has 2 saturated heterocycles. The summed E-state index contributed by atoms with van der Waals surface area (Å²) in [5, 5.41) is 16.6. The first-order valence-electron chi connectivity index (χ1n) is 11.1. The minimum absolute atomic E-state index is 0.128. The van der Waals surface area contributed by atoms with Gasteiger partial charge in [0, 0.05) is 63.4 Å². The third kappa shape index (κ3) is 5.62. The second-order valence-electron chi connectivity index (χ2n) is 8.82. The molecule has 2 atom stereocenters. The van der Waals surface area contributed by atoms with Gasteiger partial charge in [-0.3, -0.25) is 9.69 Å². The van der Waals surface area contributed by atoms with Crippen LogP contribution in [-0.2, 0) is 17.9 Å². The van der Waals surface area contributed by atoms with Crippen molar-refractivity contribution in [3.05, 3.63) is 64.7 Å². The molecule has 2 aromatic rings. The van der Waals surface area contributed by atoms with Gasteiger partial charge in [-0.15, -0.1) is 0 Å². The number of hydrogen-bond donors (Lipinski definition) is 3. The standard InChI is InChI=1S/C24H30F2N4O2/c1-29-6-8-30(9-7-29)15-18-10-16(2-4-22(18)31)14-27-21-3-5-23(32)28-24(21)17-11-19(25)13-20(26)12-17/h2,4,10-13,21,24,27,31H,3,5-9,14-15H2,1H3,(H,28,32)/t21-,24+/m1/s1. The minimum Gasteiger partial charge on any atom is -0.508 e. The lowest BCUT2D eigenvalue weighted by Crippen LogP contribution is -2.48. The molecule has 2 aromatic carbocycles. The van der Waals surface area contributed by atoms with E-state index in [1.807, 2.05) is 12.1 Å². The highest BCUT2D eigenvalue weighted by Gasteiger charge is 2.30. The maximum atomic E-state index is 13.8. The summed E-state index contributed by atoms with van der Waals surface area (Å²) in [6.45, 7) is 5.16. The van der Waals surface area contributed by atoms with E-state index < -0.39 is 17.7 Å². The van der Waals surface area contributed by atoms with Crippen molar-refractivity contribution in [2.75, 3.05) is 33.2 Å². The number of amides is 1. The fourth-order valence-electron chi connectivity index (χ4n) is 4.46. The number of halogens is 2. The molecular formula is C24H30F2N4O2. The average molecular weight is 445 g/mol. The minimum atomic E-state index is -0.661. The SMILES string of the molecule is CN1CCN(Cc2cc(CN[C@@H]3CCC(=O)N[C@H]3c3cc(F)cc(F)c3)ccc2O)CC1. The van der Waals surface area contributed by atoms with Gasteiger partial charge in [0.1, 0.15) is 17.4 Å². The maximum Gasteiger partial charge on any atom is 0.220 e. The molecule has 1 amide bonds. The Balaban J connectivity index is 1.44. The van der Waals surface area contributed by atoms with Crippen LogP contribution in [0, 0.1) is 11.6 Å². The molecule has 0 aromatic heterocycles. The number of phenols is 1. The van der Waals surface area contributed by atoms with Gasteiger partial charge in [-0.05, 0) is 48.9 Å². The quantitative estimate of drug-likeness (QED) is 0.639. The van der Waals surface area contributed by atoms with E-state index in [-0.39, 0.29) is 17.7 Å². The van der Waals surface area contributed by atoms with Crippen molar-refractivity contribution in [1.29, 1.82) is 0 Å². The molecule has 0 radical (unpaired) electrons. The van der Waals surface area contributed by atoms with Crippen molar-refractivity contribution in [2.24, 2.45) is 0 Å². The smallest absolute Gasteiger partial charge is 0.220 e. The summed E-state index contributed by atoms with van der Waals surface area (Å²) in [6, 6.07) is 8.27. The fraction of sp³-hybridized carbons (Fsp3) is 0.458. The number of nitrogens with one attached hydrogen (secondary N) is 2. The molecule has 8 heteroatoms. The number of benzene rings is 2. The number of piperazine rings is 1. The van der Waals surface area contributed by atoms with Gasteiger partial charge in [-0.25, -0.2) is 8.78 Å². The van der Waals surface area contributed by atoms with E-state index in [0.29, 0.717) is 31.5 Å². The predicted molar refractivity (Wildman–Crippen MR) is 118 cm³/mol. The Kier molecular flexibility index (Phi) is 7.03. The molecule has 2 heterocycles. The number of piperidine rings is 1. The number of aromatic hydroxyl groups is 1. The molecule has 0 saturated carbocycles. The summed E-state index contributed by atoms with van der Waals surface area (Å²) in [4.78, 5) is 16.6. The number of likely N-dealkylation sites (N-methyl/N-ethyl adjacent to an activating group) is 1. The molecule has 32 heavy (non-hydrogen) atoms. The van der Waals surface area contributed by atoms with Crippen LogP contribution in [0.1, 0.15) is 35.6 Å². The molecule has 2 aliphatic rings. The lowest BCUT2D eigenvalue weighted by atomic mass is 9.91. The van der Waals surface area contributed by atoms with Gasteiger partial charge in [0.05, 0.1) is 6.04 Å². The van der Waals surface area contributed by atoms with E-state index in [1.165, 1.54) is 12.1 Å². The molecule has 6 nitrogen and oxygen atoms in total. The van der Waals surface area contributed by atoms with Gasteiger partial charge in [-0.2, -0.15) is 0 Å². The Labute approximate surface area is 187 Å². The van der Waals surface area contributed by atoms with Crippen molar-refractivity contribution < 1.29 is 18.7 Å². The zero-order chi connectivity index (χ0) is 22.7. The molecule has 4 rings (SSSR count). The van der Waals surface area contributed by atoms with Gasteiger partial charge in [-0.1, -0.05) is 6.07 Å².